The van der Waals surface area contributed by atoms with Gasteiger partial charge in [-0.15, -0.1) is 11.3 Å². The highest BCUT2D eigenvalue weighted by molar-refractivity contribution is 7.14. The minimum Gasteiger partial charge on any atom is -0.482 e. The van der Waals surface area contributed by atoms with Crippen LogP contribution in [-0.4, -0.2) is 18.4 Å². The number of aryl methyl sites for hydroxylation is 2. The van der Waals surface area contributed by atoms with Gasteiger partial charge in [-0.3, -0.25) is 9.59 Å². The van der Waals surface area contributed by atoms with Crippen molar-refractivity contribution in [3.63, 3.8) is 0 Å². The van der Waals surface area contributed by atoms with Gasteiger partial charge in [-0.1, -0.05) is 6.07 Å². The number of hydrogen-bond donors (Lipinski definition) is 2. The molecular formula is C18H18N2O3S. The summed E-state index contributed by atoms with van der Waals surface area (Å²) in [5.41, 5.74) is 2.91. The highest BCUT2D eigenvalue weighted by Gasteiger charge is 2.21. The number of nitrogens with one attached hydrogen (secondary N) is 2. The Bertz CT molecular complexity index is 806. The van der Waals surface area contributed by atoms with Gasteiger partial charge in [-0.25, -0.2) is 0 Å². The van der Waals surface area contributed by atoms with Crippen LogP contribution in [0.4, 0.5) is 5.69 Å². The molecule has 2 heterocycles. The maximum absolute atomic E-state index is 12.5. The van der Waals surface area contributed by atoms with Crippen molar-refractivity contribution in [3.8, 4) is 5.75 Å². The number of carbonyl (C=O) groups excluding carboxylic acids is 2. The first-order chi connectivity index (χ1) is 11.6. The Balaban J connectivity index is 1.49. The molecule has 124 valence electrons. The van der Waals surface area contributed by atoms with Gasteiger partial charge in [0, 0.05) is 4.88 Å². The van der Waals surface area contributed by atoms with Gasteiger partial charge < -0.3 is 15.4 Å². The number of anilines is 1. The van der Waals surface area contributed by atoms with Crippen molar-refractivity contribution in [2.24, 2.45) is 0 Å². The fourth-order valence-corrected chi connectivity index (χ4v) is 4.32. The molecule has 5 nitrogen and oxygen atoms in total. The molecule has 1 aromatic carbocycles. The molecule has 1 aliphatic heterocycles. The zero-order valence-electron chi connectivity index (χ0n) is 13.3. The Morgan fingerprint density at radius 1 is 1.33 bits per heavy atom. The summed E-state index contributed by atoms with van der Waals surface area (Å²) in [6.07, 6.45) is 3.37. The number of benzene rings is 1. The van der Waals surface area contributed by atoms with Gasteiger partial charge >= 0.3 is 0 Å². The molecular weight excluding hydrogens is 324 g/mol. The monoisotopic (exact) mass is 342 g/mol. The van der Waals surface area contributed by atoms with E-state index < -0.39 is 0 Å². The number of ether oxygens (including phenoxy) is 1. The molecule has 0 bridgehead atoms. The van der Waals surface area contributed by atoms with Crippen LogP contribution in [0.3, 0.4) is 0 Å². The van der Waals surface area contributed by atoms with E-state index in [1.54, 1.807) is 11.3 Å². The summed E-state index contributed by atoms with van der Waals surface area (Å²) in [5, 5.41) is 5.83. The molecule has 1 aromatic heterocycles. The Kier molecular flexibility index (Phi) is 3.76. The highest BCUT2D eigenvalue weighted by Crippen LogP contribution is 2.32. The molecule has 0 radical (unpaired) electrons. The second-order valence-corrected chi connectivity index (χ2v) is 7.34. The van der Waals surface area contributed by atoms with Crippen LogP contribution < -0.4 is 15.4 Å². The van der Waals surface area contributed by atoms with Crippen molar-refractivity contribution in [2.45, 2.75) is 32.2 Å². The molecule has 0 fully saturated rings. The van der Waals surface area contributed by atoms with Gasteiger partial charge in [0.25, 0.3) is 11.8 Å². The number of thiophene rings is 1. The standard InChI is InChI=1S/C18H18N2O3S/c1-10(11-5-6-14-13(7-11)20-17(21)9-23-14)19-18(22)16-8-12-3-2-4-15(12)24-16/h5-8,10H,2-4,9H2,1H3,(H,19,22)(H,20,21). The molecule has 2 aromatic rings. The van der Waals surface area contributed by atoms with Crippen LogP contribution in [0, 0.1) is 0 Å². The van der Waals surface area contributed by atoms with Crippen molar-refractivity contribution in [1.82, 2.24) is 5.32 Å². The third-order valence-electron chi connectivity index (χ3n) is 4.45. The first-order valence-corrected chi connectivity index (χ1v) is 8.91. The van der Waals surface area contributed by atoms with Gasteiger partial charge in [-0.05, 0) is 55.5 Å². The maximum atomic E-state index is 12.5. The Morgan fingerprint density at radius 2 is 2.21 bits per heavy atom. The summed E-state index contributed by atoms with van der Waals surface area (Å²) in [6, 6.07) is 7.46. The average molecular weight is 342 g/mol. The topological polar surface area (TPSA) is 67.4 Å². The number of rotatable bonds is 3. The Labute approximate surface area is 144 Å². The lowest BCUT2D eigenvalue weighted by atomic mass is 10.1. The molecule has 2 aliphatic rings. The van der Waals surface area contributed by atoms with Crippen LogP contribution in [0.2, 0.25) is 0 Å². The summed E-state index contributed by atoms with van der Waals surface area (Å²) in [4.78, 5) is 26.0. The normalized spacial score (nSPS) is 16.6. The van der Waals surface area contributed by atoms with Gasteiger partial charge in [-0.2, -0.15) is 0 Å². The lowest BCUT2D eigenvalue weighted by Gasteiger charge is -2.20. The van der Waals surface area contributed by atoms with Gasteiger partial charge in [0.15, 0.2) is 6.61 Å². The molecule has 0 saturated carbocycles. The van der Waals surface area contributed by atoms with Gasteiger partial charge in [0.2, 0.25) is 0 Å². The molecule has 1 atom stereocenters. The summed E-state index contributed by atoms with van der Waals surface area (Å²) in [6.45, 7) is 1.98. The fraction of sp³-hybridized carbons (Fsp3) is 0.333. The van der Waals surface area contributed by atoms with Crippen LogP contribution >= 0.6 is 11.3 Å². The number of carbonyl (C=O) groups is 2. The first-order valence-electron chi connectivity index (χ1n) is 8.09. The molecule has 0 saturated heterocycles. The minimum absolute atomic E-state index is 0.0418. The average Bonchev–Trinajstić information content (AvgIpc) is 3.15. The van der Waals surface area contributed by atoms with Crippen molar-refractivity contribution < 1.29 is 14.3 Å². The molecule has 24 heavy (non-hydrogen) atoms. The molecule has 1 aliphatic carbocycles. The zero-order chi connectivity index (χ0) is 16.7. The SMILES string of the molecule is CC(NC(=O)c1cc2c(s1)CCC2)c1ccc2c(c1)NC(=O)CO2. The van der Waals surface area contributed by atoms with Crippen LogP contribution in [0.15, 0.2) is 24.3 Å². The third-order valence-corrected chi connectivity index (χ3v) is 5.69. The lowest BCUT2D eigenvalue weighted by molar-refractivity contribution is -0.118. The Hall–Kier alpha value is -2.34. The first kappa shape index (κ1) is 15.2. The van der Waals surface area contributed by atoms with Crippen molar-refractivity contribution in [3.05, 3.63) is 45.1 Å². The van der Waals surface area contributed by atoms with Gasteiger partial charge in [0.1, 0.15) is 5.75 Å². The van der Waals surface area contributed by atoms with E-state index in [2.05, 4.69) is 10.6 Å². The molecule has 6 heteroatoms. The Morgan fingerprint density at radius 3 is 3.04 bits per heavy atom. The predicted molar refractivity (Wildman–Crippen MR) is 92.8 cm³/mol. The molecule has 0 spiro atoms. The van der Waals surface area contributed by atoms with Crippen LogP contribution in [0.25, 0.3) is 0 Å². The molecule has 4 rings (SSSR count). The second-order valence-electron chi connectivity index (χ2n) is 6.20. The third kappa shape index (κ3) is 2.78. The molecule has 2 amide bonds. The van der Waals surface area contributed by atoms with E-state index in [0.29, 0.717) is 11.4 Å². The van der Waals surface area contributed by atoms with Crippen molar-refractivity contribution >= 4 is 28.8 Å². The van der Waals surface area contributed by atoms with Crippen molar-refractivity contribution in [2.75, 3.05) is 11.9 Å². The van der Waals surface area contributed by atoms with E-state index in [1.165, 1.54) is 16.9 Å². The van der Waals surface area contributed by atoms with E-state index in [9.17, 15) is 9.59 Å². The second kappa shape index (κ2) is 5.94. The van der Waals surface area contributed by atoms with Crippen LogP contribution in [-0.2, 0) is 17.6 Å². The van der Waals surface area contributed by atoms with Crippen molar-refractivity contribution in [1.29, 1.82) is 0 Å². The van der Waals surface area contributed by atoms with E-state index in [-0.39, 0.29) is 24.5 Å². The fourth-order valence-electron chi connectivity index (χ4n) is 3.16. The summed E-state index contributed by atoms with van der Waals surface area (Å²) in [7, 11) is 0. The van der Waals surface area contributed by atoms with E-state index in [4.69, 9.17) is 4.74 Å². The summed E-state index contributed by atoms with van der Waals surface area (Å²) < 4.78 is 5.36. The van der Waals surface area contributed by atoms with E-state index >= 15 is 0 Å². The largest absolute Gasteiger partial charge is 0.482 e. The summed E-state index contributed by atoms with van der Waals surface area (Å²) in [5.74, 6) is 0.455. The highest BCUT2D eigenvalue weighted by atomic mass is 32.1. The zero-order valence-corrected chi connectivity index (χ0v) is 14.2. The quantitative estimate of drug-likeness (QED) is 0.901. The van der Waals surface area contributed by atoms with Crippen LogP contribution in [0.1, 0.15) is 45.1 Å². The van der Waals surface area contributed by atoms with E-state index in [1.807, 2.05) is 31.2 Å². The van der Waals surface area contributed by atoms with Crippen LogP contribution in [0.5, 0.6) is 5.75 Å². The van der Waals surface area contributed by atoms with Gasteiger partial charge in [0.05, 0.1) is 16.6 Å². The molecule has 1 unspecified atom stereocenters. The number of hydrogen-bond acceptors (Lipinski definition) is 4. The predicted octanol–water partition coefficient (Wildman–Crippen LogP) is 3.06. The number of amides is 2. The maximum Gasteiger partial charge on any atom is 0.262 e. The number of fused-ring (bicyclic) bond motifs is 2. The lowest BCUT2D eigenvalue weighted by Crippen LogP contribution is -2.27. The minimum atomic E-state index is -0.163. The van der Waals surface area contributed by atoms with E-state index in [0.717, 1.165) is 23.3 Å². The summed E-state index contributed by atoms with van der Waals surface area (Å²) >= 11 is 1.60. The smallest absolute Gasteiger partial charge is 0.262 e. The molecule has 2 N–H and O–H groups in total.